The van der Waals surface area contributed by atoms with Gasteiger partial charge in [0.2, 0.25) is 5.91 Å². The number of halogens is 2. The van der Waals surface area contributed by atoms with Crippen LogP contribution in [0, 0.1) is 11.6 Å². The lowest BCUT2D eigenvalue weighted by molar-refractivity contribution is -0.117. The summed E-state index contributed by atoms with van der Waals surface area (Å²) in [4.78, 5) is 12.1. The molecule has 0 radical (unpaired) electrons. The summed E-state index contributed by atoms with van der Waals surface area (Å²) in [7, 11) is 0. The van der Waals surface area contributed by atoms with Gasteiger partial charge in [0.25, 0.3) is 0 Å². The van der Waals surface area contributed by atoms with Crippen LogP contribution in [0.5, 0.6) is 0 Å². The molecular formula is C21H17F2NO2. The molecule has 0 unspecified atom stereocenters. The Balaban J connectivity index is 1.72. The molecule has 0 aliphatic rings. The van der Waals surface area contributed by atoms with E-state index in [1.807, 2.05) is 42.5 Å². The van der Waals surface area contributed by atoms with Gasteiger partial charge in [0, 0.05) is 6.08 Å². The van der Waals surface area contributed by atoms with Gasteiger partial charge in [-0.15, -0.1) is 0 Å². The highest BCUT2D eigenvalue weighted by atomic mass is 19.2. The van der Waals surface area contributed by atoms with Crippen LogP contribution in [0.1, 0.15) is 17.2 Å². The smallest absolute Gasteiger partial charge is 0.244 e. The maximum absolute atomic E-state index is 13.2. The normalized spacial score (nSPS) is 12.4. The second kappa shape index (κ2) is 7.89. The number of carbonyl (C=O) groups excluding carboxylic acids is 1. The lowest BCUT2D eigenvalue weighted by Gasteiger charge is -2.16. The zero-order valence-corrected chi connectivity index (χ0v) is 13.8. The number of fused-ring (bicyclic) bond motifs is 1. The average Bonchev–Trinajstić information content (AvgIpc) is 2.66. The summed E-state index contributed by atoms with van der Waals surface area (Å²) in [6.45, 7) is -0.261. The minimum atomic E-state index is -0.975. The minimum Gasteiger partial charge on any atom is -0.394 e. The van der Waals surface area contributed by atoms with Crippen molar-refractivity contribution < 1.29 is 18.7 Å². The molecule has 1 amide bonds. The number of nitrogens with one attached hydrogen (secondary N) is 1. The molecule has 0 fully saturated rings. The average molecular weight is 353 g/mol. The largest absolute Gasteiger partial charge is 0.394 e. The third-order valence-corrected chi connectivity index (χ3v) is 4.05. The molecule has 2 N–H and O–H groups in total. The molecule has 0 aliphatic carbocycles. The minimum absolute atomic E-state index is 0.261. The number of aliphatic hydroxyl groups is 1. The Kier molecular flexibility index (Phi) is 5.39. The molecule has 1 atom stereocenters. The summed E-state index contributed by atoms with van der Waals surface area (Å²) in [5, 5.41) is 14.4. The van der Waals surface area contributed by atoms with E-state index in [9.17, 15) is 18.7 Å². The van der Waals surface area contributed by atoms with Crippen molar-refractivity contribution in [2.75, 3.05) is 6.61 Å². The summed E-state index contributed by atoms with van der Waals surface area (Å²) in [6.07, 6.45) is 2.60. The van der Waals surface area contributed by atoms with E-state index < -0.39 is 23.6 Å². The summed E-state index contributed by atoms with van der Waals surface area (Å²) in [5.74, 6) is -2.36. The molecule has 3 rings (SSSR count). The maximum Gasteiger partial charge on any atom is 0.244 e. The van der Waals surface area contributed by atoms with E-state index in [0.717, 1.165) is 28.5 Å². The van der Waals surface area contributed by atoms with Crippen LogP contribution in [0.2, 0.25) is 0 Å². The summed E-state index contributed by atoms with van der Waals surface area (Å²) in [5.41, 5.74) is 1.14. The standard InChI is InChI=1S/C21H17F2NO2/c22-18-9-5-14(11-19(18)23)6-10-21(26)24-20(13-25)17-8-7-15-3-1-2-4-16(15)12-17/h1-12,20,25H,13H2,(H,24,26)/b10-6+/t20-/m0/s1. The number of hydrogen-bond donors (Lipinski definition) is 2. The molecule has 0 saturated heterocycles. The highest BCUT2D eigenvalue weighted by molar-refractivity contribution is 5.92. The van der Waals surface area contributed by atoms with E-state index in [4.69, 9.17) is 0 Å². The fourth-order valence-corrected chi connectivity index (χ4v) is 2.67. The molecular weight excluding hydrogens is 336 g/mol. The first-order chi connectivity index (χ1) is 12.6. The van der Waals surface area contributed by atoms with Crippen LogP contribution in [-0.4, -0.2) is 17.6 Å². The zero-order valence-electron chi connectivity index (χ0n) is 13.8. The number of aliphatic hydroxyl groups excluding tert-OH is 1. The SMILES string of the molecule is O=C(/C=C/c1ccc(F)c(F)c1)N[C@@H](CO)c1ccc2ccccc2c1. The van der Waals surface area contributed by atoms with Gasteiger partial charge in [-0.05, 0) is 46.2 Å². The van der Waals surface area contributed by atoms with Crippen LogP contribution >= 0.6 is 0 Å². The van der Waals surface area contributed by atoms with Crippen LogP contribution in [0.15, 0.2) is 66.7 Å². The Morgan fingerprint density at radius 1 is 1.00 bits per heavy atom. The van der Waals surface area contributed by atoms with Gasteiger partial charge in [-0.25, -0.2) is 8.78 Å². The van der Waals surface area contributed by atoms with Crippen molar-refractivity contribution in [3.05, 3.63) is 89.5 Å². The van der Waals surface area contributed by atoms with Crippen molar-refractivity contribution in [1.82, 2.24) is 5.32 Å². The molecule has 0 aromatic heterocycles. The molecule has 26 heavy (non-hydrogen) atoms. The van der Waals surface area contributed by atoms with E-state index in [-0.39, 0.29) is 6.61 Å². The van der Waals surface area contributed by atoms with Crippen molar-refractivity contribution in [3.63, 3.8) is 0 Å². The molecule has 3 aromatic carbocycles. The van der Waals surface area contributed by atoms with Crippen molar-refractivity contribution in [2.45, 2.75) is 6.04 Å². The van der Waals surface area contributed by atoms with E-state index >= 15 is 0 Å². The Morgan fingerprint density at radius 3 is 2.50 bits per heavy atom. The second-order valence-electron chi connectivity index (χ2n) is 5.86. The molecule has 3 nitrogen and oxygen atoms in total. The van der Waals surface area contributed by atoms with Gasteiger partial charge < -0.3 is 10.4 Å². The molecule has 132 valence electrons. The van der Waals surface area contributed by atoms with Crippen LogP contribution in [0.4, 0.5) is 8.78 Å². The molecule has 0 heterocycles. The van der Waals surface area contributed by atoms with Crippen LogP contribution in [0.25, 0.3) is 16.8 Å². The van der Waals surface area contributed by atoms with E-state index in [0.29, 0.717) is 5.56 Å². The summed E-state index contributed by atoms with van der Waals surface area (Å²) < 4.78 is 26.1. The van der Waals surface area contributed by atoms with Crippen LogP contribution in [-0.2, 0) is 4.79 Å². The first-order valence-electron chi connectivity index (χ1n) is 8.10. The fourth-order valence-electron chi connectivity index (χ4n) is 2.67. The predicted molar refractivity (Wildman–Crippen MR) is 97.3 cm³/mol. The summed E-state index contributed by atoms with van der Waals surface area (Å²) in [6, 6.07) is 16.3. The van der Waals surface area contributed by atoms with Crippen LogP contribution in [0.3, 0.4) is 0 Å². The van der Waals surface area contributed by atoms with Crippen molar-refractivity contribution in [3.8, 4) is 0 Å². The van der Waals surface area contributed by atoms with E-state index in [1.54, 1.807) is 0 Å². The van der Waals surface area contributed by atoms with Crippen LogP contribution < -0.4 is 5.32 Å². The van der Waals surface area contributed by atoms with Gasteiger partial charge in [0.15, 0.2) is 11.6 Å². The lowest BCUT2D eigenvalue weighted by atomic mass is 10.0. The van der Waals surface area contributed by atoms with Crippen molar-refractivity contribution in [2.24, 2.45) is 0 Å². The highest BCUT2D eigenvalue weighted by Crippen LogP contribution is 2.20. The van der Waals surface area contributed by atoms with Gasteiger partial charge in [-0.2, -0.15) is 0 Å². The number of hydrogen-bond acceptors (Lipinski definition) is 2. The molecule has 0 aliphatic heterocycles. The van der Waals surface area contributed by atoms with E-state index in [2.05, 4.69) is 5.32 Å². The van der Waals surface area contributed by atoms with Gasteiger partial charge in [-0.1, -0.05) is 42.5 Å². The number of carbonyl (C=O) groups is 1. The number of amides is 1. The van der Waals surface area contributed by atoms with Gasteiger partial charge >= 0.3 is 0 Å². The summed E-state index contributed by atoms with van der Waals surface area (Å²) >= 11 is 0. The maximum atomic E-state index is 13.2. The second-order valence-corrected chi connectivity index (χ2v) is 5.86. The number of rotatable bonds is 5. The van der Waals surface area contributed by atoms with Gasteiger partial charge in [0.1, 0.15) is 0 Å². The molecule has 0 saturated carbocycles. The van der Waals surface area contributed by atoms with E-state index in [1.165, 1.54) is 18.2 Å². The lowest BCUT2D eigenvalue weighted by Crippen LogP contribution is -2.29. The number of benzene rings is 3. The predicted octanol–water partition coefficient (Wildman–Crippen LogP) is 3.98. The Labute approximate surface area is 149 Å². The fraction of sp³-hybridized carbons (Fsp3) is 0.0952. The first kappa shape index (κ1) is 17.8. The Bertz CT molecular complexity index is 969. The monoisotopic (exact) mass is 353 g/mol. The Morgan fingerprint density at radius 2 is 1.77 bits per heavy atom. The third kappa shape index (κ3) is 4.13. The van der Waals surface area contributed by atoms with Gasteiger partial charge in [-0.3, -0.25) is 4.79 Å². The van der Waals surface area contributed by atoms with Crippen molar-refractivity contribution in [1.29, 1.82) is 0 Å². The molecule has 5 heteroatoms. The quantitative estimate of drug-likeness (QED) is 0.682. The molecule has 0 spiro atoms. The topological polar surface area (TPSA) is 49.3 Å². The molecule has 0 bridgehead atoms. The molecule has 3 aromatic rings. The van der Waals surface area contributed by atoms with Crippen molar-refractivity contribution >= 4 is 22.8 Å². The third-order valence-electron chi connectivity index (χ3n) is 4.05. The first-order valence-corrected chi connectivity index (χ1v) is 8.10. The Hall–Kier alpha value is -3.05. The zero-order chi connectivity index (χ0) is 18.5. The van der Waals surface area contributed by atoms with Gasteiger partial charge in [0.05, 0.1) is 12.6 Å². The highest BCUT2D eigenvalue weighted by Gasteiger charge is 2.12.